The van der Waals surface area contributed by atoms with Crippen LogP contribution < -0.4 is 10.1 Å². The number of aryl methyl sites for hydroxylation is 1. The highest BCUT2D eigenvalue weighted by molar-refractivity contribution is 6.09. The highest BCUT2D eigenvalue weighted by atomic mass is 19.3. The molecule has 1 aliphatic heterocycles. The monoisotopic (exact) mass is 423 g/mol. The van der Waals surface area contributed by atoms with Gasteiger partial charge in [0.1, 0.15) is 5.75 Å². The second-order valence-electron chi connectivity index (χ2n) is 7.23. The number of rotatable bonds is 5. The number of likely N-dealkylation sites (N-methyl/N-ethyl adjacent to an activating group) is 1. The molecule has 0 aliphatic carbocycles. The normalized spacial score (nSPS) is 18.4. The Bertz CT molecular complexity index is 1150. The van der Waals surface area contributed by atoms with Crippen molar-refractivity contribution in [3.63, 3.8) is 0 Å². The van der Waals surface area contributed by atoms with Crippen LogP contribution in [0.25, 0.3) is 11.1 Å². The molecule has 1 unspecified atom stereocenters. The fourth-order valence-electron chi connectivity index (χ4n) is 3.78. The van der Waals surface area contributed by atoms with E-state index >= 15 is 0 Å². The van der Waals surface area contributed by atoms with Gasteiger partial charge in [-0.1, -0.05) is 30.3 Å². The molecule has 31 heavy (non-hydrogen) atoms. The van der Waals surface area contributed by atoms with E-state index in [0.717, 1.165) is 16.0 Å². The minimum absolute atomic E-state index is 0.00291. The molecule has 0 radical (unpaired) electrons. The minimum Gasteiger partial charge on any atom is -0.435 e. The maximum absolute atomic E-state index is 13.3. The average molecular weight is 423 g/mol. The molecule has 2 aromatic carbocycles. The van der Waals surface area contributed by atoms with Crippen molar-refractivity contribution in [1.82, 2.24) is 15.2 Å². The van der Waals surface area contributed by atoms with Gasteiger partial charge in [0.05, 0.1) is 0 Å². The Hall–Kier alpha value is -3.81. The van der Waals surface area contributed by atoms with Crippen LogP contribution in [0.1, 0.15) is 16.7 Å². The van der Waals surface area contributed by atoms with Crippen LogP contribution in [0.4, 0.5) is 13.6 Å². The van der Waals surface area contributed by atoms with Crippen LogP contribution in [-0.4, -0.2) is 35.5 Å². The molecule has 4 rings (SSSR count). The van der Waals surface area contributed by atoms with Gasteiger partial charge in [-0.3, -0.25) is 14.7 Å². The van der Waals surface area contributed by atoms with Gasteiger partial charge in [-0.25, -0.2) is 4.79 Å². The van der Waals surface area contributed by atoms with Gasteiger partial charge in [0.2, 0.25) is 0 Å². The van der Waals surface area contributed by atoms with Gasteiger partial charge in [0.25, 0.3) is 5.91 Å². The van der Waals surface area contributed by atoms with Crippen LogP contribution in [0.3, 0.4) is 0 Å². The maximum atomic E-state index is 13.3. The lowest BCUT2D eigenvalue weighted by Gasteiger charge is -2.29. The lowest BCUT2D eigenvalue weighted by Crippen LogP contribution is -2.45. The van der Waals surface area contributed by atoms with Crippen molar-refractivity contribution in [1.29, 1.82) is 0 Å². The molecule has 0 bridgehead atoms. The first kappa shape index (κ1) is 20.5. The zero-order valence-corrected chi connectivity index (χ0v) is 16.8. The van der Waals surface area contributed by atoms with Crippen molar-refractivity contribution in [3.05, 3.63) is 83.7 Å². The highest BCUT2D eigenvalue weighted by Crippen LogP contribution is 2.38. The molecule has 3 aromatic rings. The molecule has 1 aliphatic rings. The first-order chi connectivity index (χ1) is 14.8. The third-order valence-corrected chi connectivity index (χ3v) is 5.34. The Morgan fingerprint density at radius 2 is 1.77 bits per heavy atom. The molecule has 158 valence electrons. The van der Waals surface area contributed by atoms with Crippen molar-refractivity contribution in [2.75, 3.05) is 7.05 Å². The second kappa shape index (κ2) is 7.79. The third kappa shape index (κ3) is 3.50. The molecule has 1 aromatic heterocycles. The number of ether oxygens (including phenoxy) is 1. The molecule has 8 heteroatoms. The number of imide groups is 1. The fraction of sp³-hybridized carbons (Fsp3) is 0.174. The minimum atomic E-state index is -2.96. The first-order valence-electron chi connectivity index (χ1n) is 9.50. The quantitative estimate of drug-likeness (QED) is 0.628. The van der Waals surface area contributed by atoms with E-state index < -0.39 is 24.1 Å². The fourth-order valence-corrected chi connectivity index (χ4v) is 3.78. The van der Waals surface area contributed by atoms with E-state index in [-0.39, 0.29) is 5.75 Å². The lowest BCUT2D eigenvalue weighted by molar-refractivity contribution is -0.129. The molecule has 1 atom stereocenters. The number of nitrogens with zero attached hydrogens (tertiary/aromatic N) is 2. The SMILES string of the molecule is Cc1cc(C2(c3cccc(-c4cccnc4)c3)NC(=O)N(C)C2=O)ccc1OC(F)F. The molecule has 0 saturated carbocycles. The topological polar surface area (TPSA) is 71.5 Å². The van der Waals surface area contributed by atoms with Crippen LogP contribution >= 0.6 is 0 Å². The van der Waals surface area contributed by atoms with Gasteiger partial charge in [-0.15, -0.1) is 0 Å². The largest absolute Gasteiger partial charge is 0.435 e. The lowest BCUT2D eigenvalue weighted by atomic mass is 9.81. The second-order valence-corrected chi connectivity index (χ2v) is 7.23. The summed E-state index contributed by atoms with van der Waals surface area (Å²) in [6.45, 7) is -1.36. The van der Waals surface area contributed by atoms with Crippen molar-refractivity contribution in [2.45, 2.75) is 19.1 Å². The Morgan fingerprint density at radius 1 is 1.03 bits per heavy atom. The standard InChI is InChI=1S/C23H19F2N3O3/c1-14-11-18(8-9-19(14)31-21(24)25)23(20(29)28(2)22(30)27-23)17-7-3-5-15(12-17)16-6-4-10-26-13-16/h3-13,21H,1-2H3,(H,27,30). The van der Waals surface area contributed by atoms with Crippen molar-refractivity contribution < 1.29 is 23.1 Å². The van der Waals surface area contributed by atoms with Crippen molar-refractivity contribution in [2.24, 2.45) is 0 Å². The van der Waals surface area contributed by atoms with E-state index in [9.17, 15) is 18.4 Å². The number of alkyl halides is 2. The number of nitrogens with one attached hydrogen (secondary N) is 1. The predicted molar refractivity (Wildman–Crippen MR) is 110 cm³/mol. The van der Waals surface area contributed by atoms with Gasteiger partial charge >= 0.3 is 12.6 Å². The summed E-state index contributed by atoms with van der Waals surface area (Å²) in [6.07, 6.45) is 3.36. The van der Waals surface area contributed by atoms with E-state index in [1.165, 1.54) is 19.2 Å². The van der Waals surface area contributed by atoms with Crippen molar-refractivity contribution in [3.8, 4) is 16.9 Å². The van der Waals surface area contributed by atoms with Gasteiger partial charge in [0.15, 0.2) is 5.54 Å². The molecule has 1 fully saturated rings. The van der Waals surface area contributed by atoms with Crippen LogP contribution in [0.5, 0.6) is 5.75 Å². The van der Waals surface area contributed by atoms with Crippen molar-refractivity contribution >= 4 is 11.9 Å². The number of halogens is 2. The van der Waals surface area contributed by atoms with Gasteiger partial charge < -0.3 is 10.1 Å². The molecular weight excluding hydrogens is 404 g/mol. The number of pyridine rings is 1. The Kier molecular flexibility index (Phi) is 5.14. The van der Waals surface area contributed by atoms with E-state index in [1.54, 1.807) is 43.6 Å². The average Bonchev–Trinajstić information content (AvgIpc) is 3.00. The molecule has 1 saturated heterocycles. The zero-order chi connectivity index (χ0) is 22.2. The summed E-state index contributed by atoms with van der Waals surface area (Å²) in [5.74, 6) is -0.467. The van der Waals surface area contributed by atoms with Crippen LogP contribution in [0, 0.1) is 6.92 Å². The molecular formula is C23H19F2N3O3. The van der Waals surface area contributed by atoms with E-state index in [2.05, 4.69) is 15.0 Å². The molecule has 2 heterocycles. The predicted octanol–water partition coefficient (Wildman–Crippen LogP) is 4.08. The summed E-state index contributed by atoms with van der Waals surface area (Å²) < 4.78 is 29.9. The summed E-state index contributed by atoms with van der Waals surface area (Å²) in [5.41, 5.74) is 1.56. The summed E-state index contributed by atoms with van der Waals surface area (Å²) in [5, 5.41) is 2.80. The Labute approximate surface area is 177 Å². The van der Waals surface area contributed by atoms with E-state index in [4.69, 9.17) is 0 Å². The number of aromatic nitrogens is 1. The summed E-state index contributed by atoms with van der Waals surface area (Å²) >= 11 is 0. The van der Waals surface area contributed by atoms with Crippen LogP contribution in [-0.2, 0) is 10.3 Å². The first-order valence-corrected chi connectivity index (χ1v) is 9.50. The summed E-state index contributed by atoms with van der Waals surface area (Å²) in [6, 6.07) is 14.8. The number of urea groups is 1. The number of hydrogen-bond donors (Lipinski definition) is 1. The van der Waals surface area contributed by atoms with Gasteiger partial charge in [-0.2, -0.15) is 8.78 Å². The molecule has 6 nitrogen and oxygen atoms in total. The number of benzene rings is 2. The van der Waals surface area contributed by atoms with Crippen LogP contribution in [0.15, 0.2) is 67.0 Å². The Balaban J connectivity index is 1.88. The molecule has 1 N–H and O–H groups in total. The summed E-state index contributed by atoms with van der Waals surface area (Å²) in [4.78, 5) is 30.9. The highest BCUT2D eigenvalue weighted by Gasteiger charge is 2.52. The third-order valence-electron chi connectivity index (χ3n) is 5.34. The van der Waals surface area contributed by atoms with Crippen LogP contribution in [0.2, 0.25) is 0 Å². The zero-order valence-electron chi connectivity index (χ0n) is 16.8. The van der Waals surface area contributed by atoms with E-state index in [1.807, 2.05) is 18.2 Å². The number of carbonyl (C=O) groups is 2. The van der Waals surface area contributed by atoms with Gasteiger partial charge in [-0.05, 0) is 59.0 Å². The number of hydrogen-bond acceptors (Lipinski definition) is 4. The number of amides is 3. The Morgan fingerprint density at radius 3 is 2.39 bits per heavy atom. The summed E-state index contributed by atoms with van der Waals surface area (Å²) in [7, 11) is 1.39. The maximum Gasteiger partial charge on any atom is 0.387 e. The van der Waals surface area contributed by atoms with Gasteiger partial charge in [0, 0.05) is 19.4 Å². The number of carbonyl (C=O) groups excluding carboxylic acids is 2. The molecule has 0 spiro atoms. The molecule has 3 amide bonds. The smallest absolute Gasteiger partial charge is 0.387 e. The van der Waals surface area contributed by atoms with E-state index in [0.29, 0.717) is 16.7 Å².